The van der Waals surface area contributed by atoms with Crippen LogP contribution in [0.15, 0.2) is 65.6 Å². The van der Waals surface area contributed by atoms with Crippen LogP contribution in [0.25, 0.3) is 6.08 Å². The Labute approximate surface area is 195 Å². The minimum atomic E-state index is -3.88. The fourth-order valence-electron chi connectivity index (χ4n) is 4.45. The summed E-state index contributed by atoms with van der Waals surface area (Å²) in [6.07, 6.45) is 5.19. The minimum Gasteiger partial charge on any atom is -0.340 e. The van der Waals surface area contributed by atoms with E-state index in [1.54, 1.807) is 0 Å². The lowest BCUT2D eigenvalue weighted by atomic mass is 9.96. The maximum Gasteiger partial charge on any atom is 0.245 e. The zero-order valence-electron chi connectivity index (χ0n) is 18.6. The maximum absolute atomic E-state index is 14.0. The Morgan fingerprint density at radius 2 is 1.55 bits per heavy atom. The van der Waals surface area contributed by atoms with Crippen LogP contribution >= 0.6 is 0 Å². The molecule has 0 unspecified atom stereocenters. The average Bonchev–Trinajstić information content (AvgIpc) is 2.85. The number of sulfonamides is 1. The molecular weight excluding hydrogens is 441 g/mol. The fourth-order valence-corrected chi connectivity index (χ4v) is 5.98. The minimum absolute atomic E-state index is 0.109. The van der Waals surface area contributed by atoms with Gasteiger partial charge < -0.3 is 4.90 Å². The number of benzene rings is 2. The standard InChI is InChI=1S/C25H30FN3O3S/c26-23-10-4-5-11-24(23)33(31,32)29-15-12-22(13-16-29)25(30)28-19-17-27(18-20-28)14-6-9-21-7-2-1-3-8-21/h1-11,22H,12-20H2. The number of piperidine rings is 1. The van der Waals surface area contributed by atoms with Crippen LogP contribution in [0, 0.1) is 11.7 Å². The molecular formula is C25H30FN3O3S. The lowest BCUT2D eigenvalue weighted by Gasteiger charge is -2.38. The number of hydrogen-bond donors (Lipinski definition) is 0. The second-order valence-corrected chi connectivity index (χ2v) is 10.5. The van der Waals surface area contributed by atoms with Crippen LogP contribution in [0.3, 0.4) is 0 Å². The molecule has 4 rings (SSSR count). The molecule has 0 saturated carbocycles. The third-order valence-electron chi connectivity index (χ3n) is 6.42. The van der Waals surface area contributed by atoms with Crippen LogP contribution in [-0.2, 0) is 14.8 Å². The first-order chi connectivity index (χ1) is 15.9. The predicted octanol–water partition coefficient (Wildman–Crippen LogP) is 3.08. The summed E-state index contributed by atoms with van der Waals surface area (Å²) in [5.41, 5.74) is 1.18. The second-order valence-electron chi connectivity index (χ2n) is 8.55. The molecule has 176 valence electrons. The molecule has 2 aromatic carbocycles. The molecule has 2 aliphatic rings. The molecule has 2 fully saturated rings. The lowest BCUT2D eigenvalue weighted by Crippen LogP contribution is -2.51. The zero-order chi connectivity index (χ0) is 23.3. The van der Waals surface area contributed by atoms with Gasteiger partial charge in [0.05, 0.1) is 0 Å². The molecule has 0 radical (unpaired) electrons. The van der Waals surface area contributed by atoms with Crippen molar-refractivity contribution in [2.24, 2.45) is 5.92 Å². The third kappa shape index (κ3) is 5.69. The Bertz CT molecular complexity index is 1080. The Balaban J connectivity index is 1.24. The Hall–Kier alpha value is -2.55. The van der Waals surface area contributed by atoms with Crippen LogP contribution in [0.5, 0.6) is 0 Å². The van der Waals surface area contributed by atoms with Crippen molar-refractivity contribution in [1.29, 1.82) is 0 Å². The number of amides is 1. The number of carbonyl (C=O) groups is 1. The van der Waals surface area contributed by atoms with E-state index in [1.165, 1.54) is 28.1 Å². The van der Waals surface area contributed by atoms with Gasteiger partial charge in [-0.2, -0.15) is 4.31 Å². The number of piperazine rings is 1. The van der Waals surface area contributed by atoms with Crippen molar-refractivity contribution in [3.05, 3.63) is 72.1 Å². The molecule has 1 amide bonds. The SMILES string of the molecule is O=C(C1CCN(S(=O)(=O)c2ccccc2F)CC1)N1CCN(CC=Cc2ccccc2)CC1. The van der Waals surface area contributed by atoms with Gasteiger partial charge in [-0.05, 0) is 30.5 Å². The molecule has 0 bridgehead atoms. The largest absolute Gasteiger partial charge is 0.340 e. The molecule has 33 heavy (non-hydrogen) atoms. The molecule has 0 N–H and O–H groups in total. The van der Waals surface area contributed by atoms with Gasteiger partial charge in [0.2, 0.25) is 15.9 Å². The highest BCUT2D eigenvalue weighted by molar-refractivity contribution is 7.89. The normalized spacial score (nSPS) is 19.2. The fraction of sp³-hybridized carbons (Fsp3) is 0.400. The van der Waals surface area contributed by atoms with Crippen LogP contribution < -0.4 is 0 Å². The smallest absolute Gasteiger partial charge is 0.245 e. The van der Waals surface area contributed by atoms with E-state index < -0.39 is 15.8 Å². The highest BCUT2D eigenvalue weighted by Crippen LogP contribution is 2.26. The highest BCUT2D eigenvalue weighted by atomic mass is 32.2. The first-order valence-electron chi connectivity index (χ1n) is 11.4. The predicted molar refractivity (Wildman–Crippen MR) is 126 cm³/mol. The maximum atomic E-state index is 14.0. The Morgan fingerprint density at radius 1 is 0.909 bits per heavy atom. The van der Waals surface area contributed by atoms with Crippen molar-refractivity contribution in [3.8, 4) is 0 Å². The number of rotatable bonds is 6. The quantitative estimate of drug-likeness (QED) is 0.650. The highest BCUT2D eigenvalue weighted by Gasteiger charge is 2.35. The van der Waals surface area contributed by atoms with Gasteiger partial charge in [0.1, 0.15) is 10.7 Å². The van der Waals surface area contributed by atoms with E-state index in [2.05, 4.69) is 29.2 Å². The first kappa shape index (κ1) is 23.6. The van der Waals surface area contributed by atoms with Gasteiger partial charge >= 0.3 is 0 Å². The lowest BCUT2D eigenvalue weighted by molar-refractivity contribution is -0.138. The van der Waals surface area contributed by atoms with Gasteiger partial charge in [-0.3, -0.25) is 9.69 Å². The third-order valence-corrected chi connectivity index (χ3v) is 8.35. The zero-order valence-corrected chi connectivity index (χ0v) is 19.5. The van der Waals surface area contributed by atoms with Gasteiger partial charge in [0.25, 0.3) is 0 Å². The topological polar surface area (TPSA) is 60.9 Å². The number of nitrogens with zero attached hydrogens (tertiary/aromatic N) is 3. The van der Waals surface area contributed by atoms with E-state index in [0.29, 0.717) is 25.9 Å². The van der Waals surface area contributed by atoms with Gasteiger partial charge in [-0.15, -0.1) is 0 Å². The van der Waals surface area contributed by atoms with Crippen LogP contribution in [0.2, 0.25) is 0 Å². The molecule has 0 spiro atoms. The van der Waals surface area contributed by atoms with Crippen LogP contribution in [0.4, 0.5) is 4.39 Å². The van der Waals surface area contributed by atoms with Crippen molar-refractivity contribution in [3.63, 3.8) is 0 Å². The Kier molecular flexibility index (Phi) is 7.57. The molecule has 2 saturated heterocycles. The second kappa shape index (κ2) is 10.6. The van der Waals surface area contributed by atoms with Crippen molar-refractivity contribution >= 4 is 22.0 Å². The molecule has 6 nitrogen and oxygen atoms in total. The molecule has 2 aliphatic heterocycles. The molecule has 0 atom stereocenters. The van der Waals surface area contributed by atoms with E-state index in [9.17, 15) is 17.6 Å². The average molecular weight is 472 g/mol. The summed E-state index contributed by atoms with van der Waals surface area (Å²) in [6.45, 7) is 4.34. The van der Waals surface area contributed by atoms with Crippen LogP contribution in [-0.4, -0.2) is 74.2 Å². The van der Waals surface area contributed by atoms with Gasteiger partial charge in [0.15, 0.2) is 0 Å². The molecule has 0 aliphatic carbocycles. The van der Waals surface area contributed by atoms with Crippen LogP contribution in [0.1, 0.15) is 18.4 Å². The molecule has 2 aromatic rings. The summed E-state index contributed by atoms with van der Waals surface area (Å²) in [6, 6.07) is 15.6. The van der Waals surface area contributed by atoms with Gasteiger partial charge in [-0.1, -0.05) is 54.6 Å². The van der Waals surface area contributed by atoms with E-state index >= 15 is 0 Å². The summed E-state index contributed by atoms with van der Waals surface area (Å²) in [7, 11) is -3.88. The summed E-state index contributed by atoms with van der Waals surface area (Å²) in [5, 5.41) is 0. The van der Waals surface area contributed by atoms with Crippen molar-refractivity contribution in [2.75, 3.05) is 45.8 Å². The summed E-state index contributed by atoms with van der Waals surface area (Å²) in [5.74, 6) is -0.814. The van der Waals surface area contributed by atoms with E-state index in [4.69, 9.17) is 0 Å². The summed E-state index contributed by atoms with van der Waals surface area (Å²) >= 11 is 0. The summed E-state index contributed by atoms with van der Waals surface area (Å²) in [4.78, 5) is 16.9. The first-order valence-corrected chi connectivity index (χ1v) is 12.9. The summed E-state index contributed by atoms with van der Waals surface area (Å²) < 4.78 is 40.9. The number of halogens is 1. The number of hydrogen-bond acceptors (Lipinski definition) is 4. The Morgan fingerprint density at radius 3 is 2.21 bits per heavy atom. The molecule has 8 heteroatoms. The molecule has 0 aromatic heterocycles. The van der Waals surface area contributed by atoms with E-state index in [0.717, 1.165) is 25.7 Å². The van der Waals surface area contributed by atoms with Gasteiger partial charge in [0, 0.05) is 51.7 Å². The van der Waals surface area contributed by atoms with Crippen molar-refractivity contribution < 1.29 is 17.6 Å². The van der Waals surface area contributed by atoms with E-state index in [-0.39, 0.29) is 29.8 Å². The number of carbonyl (C=O) groups excluding carboxylic acids is 1. The van der Waals surface area contributed by atoms with Crippen molar-refractivity contribution in [1.82, 2.24) is 14.1 Å². The molecule has 2 heterocycles. The van der Waals surface area contributed by atoms with Gasteiger partial charge in [-0.25, -0.2) is 12.8 Å². The van der Waals surface area contributed by atoms with Crippen molar-refractivity contribution in [2.45, 2.75) is 17.7 Å². The van der Waals surface area contributed by atoms with E-state index in [1.807, 2.05) is 23.1 Å². The monoisotopic (exact) mass is 471 g/mol.